The Hall–Kier alpha value is -0.900. The highest BCUT2D eigenvalue weighted by molar-refractivity contribution is 6.17. The largest absolute Gasteiger partial charge is 0.507 e. The molecule has 0 atom stereocenters. The van der Waals surface area contributed by atoms with Crippen LogP contribution in [0.5, 0.6) is 5.75 Å². The molecule has 1 aromatic carbocycles. The molecule has 0 bridgehead atoms. The monoisotopic (exact) mass is 210 g/mol. The van der Waals surface area contributed by atoms with Gasteiger partial charge < -0.3 is 5.11 Å². The molecule has 1 N–H and O–H groups in total. The van der Waals surface area contributed by atoms with Gasteiger partial charge in [0.15, 0.2) is 0 Å². The van der Waals surface area contributed by atoms with Crippen molar-refractivity contribution in [2.24, 2.45) is 0 Å². The van der Waals surface area contributed by atoms with Gasteiger partial charge in [-0.05, 0) is 11.6 Å². The maximum absolute atomic E-state index is 12.3. The van der Waals surface area contributed by atoms with E-state index in [4.69, 9.17) is 16.7 Å². The number of hydrogen-bond acceptors (Lipinski definition) is 1. The minimum atomic E-state index is -4.56. The predicted octanol–water partition coefficient (Wildman–Crippen LogP) is 3.15. The third kappa shape index (κ3) is 2.06. The standard InChI is InChI=1S/C8H6ClF3O/c9-4-5-2-1-3-6(13)7(5)8(10,11)12/h1-3,13H,4H2. The maximum Gasteiger partial charge on any atom is 0.420 e. The summed E-state index contributed by atoms with van der Waals surface area (Å²) in [6, 6.07) is 3.54. The van der Waals surface area contributed by atoms with Gasteiger partial charge in [-0.1, -0.05) is 12.1 Å². The molecule has 0 aliphatic carbocycles. The van der Waals surface area contributed by atoms with Gasteiger partial charge in [0.1, 0.15) is 11.3 Å². The molecule has 0 spiro atoms. The number of phenols is 1. The SMILES string of the molecule is Oc1cccc(CCl)c1C(F)(F)F. The van der Waals surface area contributed by atoms with Crippen LogP contribution in [0.25, 0.3) is 0 Å². The van der Waals surface area contributed by atoms with Crippen LogP contribution < -0.4 is 0 Å². The molecule has 0 aliphatic heterocycles. The number of hydrogen-bond donors (Lipinski definition) is 1. The molecular formula is C8H6ClF3O. The fourth-order valence-corrected chi connectivity index (χ4v) is 1.25. The van der Waals surface area contributed by atoms with E-state index in [1.807, 2.05) is 0 Å². The molecule has 1 nitrogen and oxygen atoms in total. The van der Waals surface area contributed by atoms with Gasteiger partial charge in [0, 0.05) is 5.88 Å². The molecule has 72 valence electrons. The Bertz CT molecular complexity index is 309. The summed E-state index contributed by atoms with van der Waals surface area (Å²) in [6.07, 6.45) is -4.56. The number of benzene rings is 1. The smallest absolute Gasteiger partial charge is 0.420 e. The first-order valence-corrected chi connectivity index (χ1v) is 3.94. The van der Waals surface area contributed by atoms with Crippen LogP contribution in [-0.4, -0.2) is 5.11 Å². The zero-order valence-corrected chi connectivity index (χ0v) is 7.15. The molecule has 0 radical (unpaired) electrons. The van der Waals surface area contributed by atoms with Crippen molar-refractivity contribution < 1.29 is 18.3 Å². The topological polar surface area (TPSA) is 20.2 Å². The lowest BCUT2D eigenvalue weighted by Gasteiger charge is -2.12. The number of rotatable bonds is 1. The van der Waals surface area contributed by atoms with Crippen LogP contribution in [0.3, 0.4) is 0 Å². The molecule has 13 heavy (non-hydrogen) atoms. The van der Waals surface area contributed by atoms with Gasteiger partial charge in [0.2, 0.25) is 0 Å². The van der Waals surface area contributed by atoms with Gasteiger partial charge >= 0.3 is 6.18 Å². The Labute approximate surface area is 77.8 Å². The van der Waals surface area contributed by atoms with Crippen molar-refractivity contribution in [3.63, 3.8) is 0 Å². The Kier molecular flexibility index (Phi) is 2.71. The van der Waals surface area contributed by atoms with Crippen LogP contribution in [0.1, 0.15) is 11.1 Å². The molecule has 5 heteroatoms. The number of phenolic OH excluding ortho intramolecular Hbond substituents is 1. The molecule has 0 saturated heterocycles. The van der Waals surface area contributed by atoms with Crippen LogP contribution in [-0.2, 0) is 12.1 Å². The fraction of sp³-hybridized carbons (Fsp3) is 0.250. The molecule has 0 amide bonds. The highest BCUT2D eigenvalue weighted by Gasteiger charge is 2.36. The van der Waals surface area contributed by atoms with Crippen molar-refractivity contribution in [2.45, 2.75) is 12.1 Å². The van der Waals surface area contributed by atoms with Gasteiger partial charge in [-0.3, -0.25) is 0 Å². The van der Waals surface area contributed by atoms with E-state index in [0.29, 0.717) is 0 Å². The Morgan fingerprint density at radius 2 is 1.92 bits per heavy atom. The van der Waals surface area contributed by atoms with Crippen molar-refractivity contribution in [1.82, 2.24) is 0 Å². The number of aromatic hydroxyl groups is 1. The van der Waals surface area contributed by atoms with Crippen LogP contribution in [0.4, 0.5) is 13.2 Å². The Morgan fingerprint density at radius 1 is 1.31 bits per heavy atom. The summed E-state index contributed by atoms with van der Waals surface area (Å²) >= 11 is 5.30. The van der Waals surface area contributed by atoms with E-state index >= 15 is 0 Å². The van der Waals surface area contributed by atoms with Crippen LogP contribution in [0.2, 0.25) is 0 Å². The van der Waals surface area contributed by atoms with Gasteiger partial charge in [-0.25, -0.2) is 0 Å². The summed E-state index contributed by atoms with van der Waals surface area (Å²) < 4.78 is 36.8. The minimum absolute atomic E-state index is 0.117. The second-order valence-corrected chi connectivity index (χ2v) is 2.71. The van der Waals surface area contributed by atoms with E-state index in [2.05, 4.69) is 0 Å². The predicted molar refractivity (Wildman–Crippen MR) is 42.7 cm³/mol. The average Bonchev–Trinajstić information content (AvgIpc) is 2.01. The summed E-state index contributed by atoms with van der Waals surface area (Å²) in [4.78, 5) is 0. The highest BCUT2D eigenvalue weighted by atomic mass is 35.5. The first-order chi connectivity index (χ1) is 5.96. The molecular weight excluding hydrogens is 205 g/mol. The van der Waals surface area contributed by atoms with Crippen molar-refractivity contribution in [2.75, 3.05) is 0 Å². The summed E-state index contributed by atoms with van der Waals surface area (Å²) in [5.74, 6) is -1.06. The van der Waals surface area contributed by atoms with Crippen molar-refractivity contribution in [3.8, 4) is 5.75 Å². The Balaban J connectivity index is 3.32. The van der Waals surface area contributed by atoms with E-state index in [1.165, 1.54) is 12.1 Å². The van der Waals surface area contributed by atoms with Crippen molar-refractivity contribution in [3.05, 3.63) is 29.3 Å². The second-order valence-electron chi connectivity index (χ2n) is 2.44. The van der Waals surface area contributed by atoms with E-state index in [-0.39, 0.29) is 11.4 Å². The van der Waals surface area contributed by atoms with E-state index < -0.39 is 17.5 Å². The highest BCUT2D eigenvalue weighted by Crippen LogP contribution is 2.38. The average molecular weight is 211 g/mol. The molecule has 1 aromatic rings. The van der Waals surface area contributed by atoms with E-state index in [9.17, 15) is 13.2 Å². The zero-order chi connectivity index (χ0) is 10.1. The summed E-state index contributed by atoms with van der Waals surface area (Å²) in [6.45, 7) is 0. The van der Waals surface area contributed by atoms with Crippen LogP contribution >= 0.6 is 11.6 Å². The van der Waals surface area contributed by atoms with E-state index in [0.717, 1.165) is 6.07 Å². The molecule has 0 unspecified atom stereocenters. The van der Waals surface area contributed by atoms with Crippen molar-refractivity contribution >= 4 is 11.6 Å². The lowest BCUT2D eigenvalue weighted by atomic mass is 10.1. The third-order valence-corrected chi connectivity index (χ3v) is 1.84. The maximum atomic E-state index is 12.3. The lowest BCUT2D eigenvalue weighted by molar-refractivity contribution is -0.139. The second kappa shape index (κ2) is 3.46. The van der Waals surface area contributed by atoms with Gasteiger partial charge in [-0.2, -0.15) is 13.2 Å². The van der Waals surface area contributed by atoms with Crippen LogP contribution in [0, 0.1) is 0 Å². The molecule has 1 rings (SSSR count). The molecule has 0 heterocycles. The molecule has 0 aliphatic rings. The van der Waals surface area contributed by atoms with Gasteiger partial charge in [-0.15, -0.1) is 11.6 Å². The summed E-state index contributed by atoms with van der Waals surface area (Å²) in [7, 11) is 0. The first-order valence-electron chi connectivity index (χ1n) is 3.41. The first kappa shape index (κ1) is 10.2. The summed E-state index contributed by atoms with van der Waals surface area (Å²) in [5, 5.41) is 8.98. The minimum Gasteiger partial charge on any atom is -0.507 e. The quantitative estimate of drug-likeness (QED) is 0.706. The van der Waals surface area contributed by atoms with Gasteiger partial charge in [0.05, 0.1) is 0 Å². The zero-order valence-electron chi connectivity index (χ0n) is 6.40. The van der Waals surface area contributed by atoms with Crippen LogP contribution in [0.15, 0.2) is 18.2 Å². The summed E-state index contributed by atoms with van der Waals surface area (Å²) in [5.41, 5.74) is -1.17. The molecule has 0 fully saturated rings. The normalized spacial score (nSPS) is 11.7. The lowest BCUT2D eigenvalue weighted by Crippen LogP contribution is -2.08. The number of alkyl halides is 4. The Morgan fingerprint density at radius 3 is 2.31 bits per heavy atom. The molecule has 0 aromatic heterocycles. The van der Waals surface area contributed by atoms with Crippen molar-refractivity contribution in [1.29, 1.82) is 0 Å². The fourth-order valence-electron chi connectivity index (χ4n) is 1.03. The number of halogens is 4. The van der Waals surface area contributed by atoms with E-state index in [1.54, 1.807) is 0 Å². The third-order valence-electron chi connectivity index (χ3n) is 1.56. The van der Waals surface area contributed by atoms with Gasteiger partial charge in [0.25, 0.3) is 0 Å². The molecule has 0 saturated carbocycles.